The average molecular weight is 307 g/mol. The molecular weight excluding hydrogens is 296 g/mol. The smallest absolute Gasteiger partial charge is 0.162 e. The van der Waals surface area contributed by atoms with Crippen LogP contribution >= 0.6 is 23.1 Å². The van der Waals surface area contributed by atoms with E-state index in [1.807, 2.05) is 0 Å². The molecule has 1 fully saturated rings. The van der Waals surface area contributed by atoms with E-state index in [0.29, 0.717) is 10.7 Å². The molecule has 1 saturated heterocycles. The van der Waals surface area contributed by atoms with Gasteiger partial charge in [-0.3, -0.25) is 4.98 Å². The third-order valence-corrected chi connectivity index (χ3v) is 4.47. The molecule has 102 valence electrons. The number of piperazine rings is 1. The topological polar surface area (TPSA) is 68.9 Å². The van der Waals surface area contributed by atoms with Crippen LogP contribution in [0.4, 0.5) is 10.8 Å². The zero-order valence-corrected chi connectivity index (χ0v) is 12.1. The Kier molecular flexibility index (Phi) is 3.67. The first-order chi connectivity index (χ1) is 9.79. The van der Waals surface area contributed by atoms with Crippen molar-refractivity contribution >= 4 is 34.0 Å². The van der Waals surface area contributed by atoms with E-state index >= 15 is 0 Å². The second-order valence-electron chi connectivity index (χ2n) is 4.30. The number of nitriles is 1. The maximum absolute atomic E-state index is 9.13. The molecule has 0 aliphatic carbocycles. The summed E-state index contributed by atoms with van der Waals surface area (Å²) < 4.78 is 4.05. The van der Waals surface area contributed by atoms with Gasteiger partial charge in [0.15, 0.2) is 5.15 Å². The highest BCUT2D eigenvalue weighted by Crippen LogP contribution is 2.31. The Hall–Kier alpha value is -1.91. The summed E-state index contributed by atoms with van der Waals surface area (Å²) in [5, 5.41) is 10.3. The summed E-state index contributed by atoms with van der Waals surface area (Å²) in [6.45, 7) is 3.28. The van der Waals surface area contributed by atoms with Crippen LogP contribution in [-0.2, 0) is 0 Å². The fourth-order valence-electron chi connectivity index (χ4n) is 2.17. The van der Waals surface area contributed by atoms with E-state index in [4.69, 9.17) is 16.9 Å². The van der Waals surface area contributed by atoms with Gasteiger partial charge >= 0.3 is 0 Å². The lowest BCUT2D eigenvalue weighted by Gasteiger charge is -2.35. The van der Waals surface area contributed by atoms with Crippen LogP contribution in [0.25, 0.3) is 0 Å². The lowest BCUT2D eigenvalue weighted by Crippen LogP contribution is -2.46. The SMILES string of the molecule is N#Cc1c(Cl)nsc1N1CCN(c2cnccn2)CC1. The molecular formula is C12H11ClN6S. The predicted molar refractivity (Wildman–Crippen MR) is 78.3 cm³/mol. The van der Waals surface area contributed by atoms with Crippen molar-refractivity contribution < 1.29 is 0 Å². The molecule has 1 aliphatic rings. The third kappa shape index (κ3) is 2.40. The summed E-state index contributed by atoms with van der Waals surface area (Å²) in [7, 11) is 0. The summed E-state index contributed by atoms with van der Waals surface area (Å²) in [5.41, 5.74) is 0.476. The van der Waals surface area contributed by atoms with Gasteiger partial charge in [-0.1, -0.05) is 11.6 Å². The maximum atomic E-state index is 9.13. The Labute approximate surface area is 125 Å². The second kappa shape index (κ2) is 5.61. The molecule has 3 rings (SSSR count). The number of anilines is 2. The van der Waals surface area contributed by atoms with E-state index in [2.05, 4.69) is 30.2 Å². The monoisotopic (exact) mass is 306 g/mol. The Morgan fingerprint density at radius 3 is 2.60 bits per heavy atom. The maximum Gasteiger partial charge on any atom is 0.162 e. The summed E-state index contributed by atoms with van der Waals surface area (Å²) >= 11 is 7.19. The van der Waals surface area contributed by atoms with Crippen molar-refractivity contribution in [2.24, 2.45) is 0 Å². The van der Waals surface area contributed by atoms with E-state index in [9.17, 15) is 0 Å². The highest BCUT2D eigenvalue weighted by Gasteiger charge is 2.23. The van der Waals surface area contributed by atoms with E-state index in [0.717, 1.165) is 37.0 Å². The van der Waals surface area contributed by atoms with Crippen LogP contribution in [0.1, 0.15) is 5.56 Å². The first kappa shape index (κ1) is 13.1. The van der Waals surface area contributed by atoms with Crippen LogP contribution in [0, 0.1) is 11.3 Å². The number of aromatic nitrogens is 3. The predicted octanol–water partition coefficient (Wildman–Crippen LogP) is 1.78. The normalized spacial score (nSPS) is 15.2. The molecule has 0 N–H and O–H groups in total. The minimum absolute atomic E-state index is 0.295. The van der Waals surface area contributed by atoms with Crippen LogP contribution in [0.5, 0.6) is 0 Å². The molecule has 0 unspecified atom stereocenters. The summed E-state index contributed by atoms with van der Waals surface area (Å²) in [6, 6.07) is 2.12. The van der Waals surface area contributed by atoms with Crippen molar-refractivity contribution in [3.8, 4) is 6.07 Å². The largest absolute Gasteiger partial charge is 0.358 e. The van der Waals surface area contributed by atoms with Crippen molar-refractivity contribution in [2.75, 3.05) is 36.0 Å². The zero-order valence-electron chi connectivity index (χ0n) is 10.5. The molecule has 8 heteroatoms. The molecule has 0 bridgehead atoms. The van der Waals surface area contributed by atoms with Gasteiger partial charge < -0.3 is 9.80 Å². The molecule has 6 nitrogen and oxygen atoms in total. The number of hydrogen-bond acceptors (Lipinski definition) is 7. The van der Waals surface area contributed by atoms with E-state index in [1.54, 1.807) is 18.6 Å². The van der Waals surface area contributed by atoms with Crippen LogP contribution < -0.4 is 9.80 Å². The fraction of sp³-hybridized carbons (Fsp3) is 0.333. The van der Waals surface area contributed by atoms with E-state index < -0.39 is 0 Å². The van der Waals surface area contributed by atoms with Gasteiger partial charge in [0.05, 0.1) is 6.20 Å². The molecule has 0 amide bonds. The summed E-state index contributed by atoms with van der Waals surface area (Å²) in [6.07, 6.45) is 5.12. The minimum atomic E-state index is 0.295. The van der Waals surface area contributed by atoms with Gasteiger partial charge in [0.25, 0.3) is 0 Å². The minimum Gasteiger partial charge on any atom is -0.358 e. The van der Waals surface area contributed by atoms with Gasteiger partial charge in [0.2, 0.25) is 0 Å². The summed E-state index contributed by atoms with van der Waals surface area (Å²) in [5.74, 6) is 0.884. The number of rotatable bonds is 2. The summed E-state index contributed by atoms with van der Waals surface area (Å²) in [4.78, 5) is 12.7. The van der Waals surface area contributed by atoms with Crippen molar-refractivity contribution in [3.63, 3.8) is 0 Å². The molecule has 1 aliphatic heterocycles. The lowest BCUT2D eigenvalue weighted by atomic mass is 10.3. The molecule has 3 heterocycles. The highest BCUT2D eigenvalue weighted by atomic mass is 35.5. The first-order valence-corrected chi connectivity index (χ1v) is 7.26. The molecule has 0 aromatic carbocycles. The van der Waals surface area contributed by atoms with Gasteiger partial charge in [-0.2, -0.15) is 9.64 Å². The Morgan fingerprint density at radius 1 is 1.20 bits per heavy atom. The average Bonchev–Trinajstić information content (AvgIpc) is 2.89. The fourth-order valence-corrected chi connectivity index (χ4v) is 3.25. The van der Waals surface area contributed by atoms with Gasteiger partial charge in [0, 0.05) is 38.6 Å². The third-order valence-electron chi connectivity index (χ3n) is 3.18. The van der Waals surface area contributed by atoms with Crippen LogP contribution in [0.15, 0.2) is 18.6 Å². The van der Waals surface area contributed by atoms with Crippen molar-refractivity contribution in [3.05, 3.63) is 29.3 Å². The Morgan fingerprint density at radius 2 is 1.95 bits per heavy atom. The lowest BCUT2D eigenvalue weighted by molar-refractivity contribution is 0.649. The highest BCUT2D eigenvalue weighted by molar-refractivity contribution is 7.10. The second-order valence-corrected chi connectivity index (χ2v) is 5.41. The molecule has 2 aromatic rings. The van der Waals surface area contributed by atoms with Crippen LogP contribution in [0.2, 0.25) is 5.15 Å². The number of nitrogens with zero attached hydrogens (tertiary/aromatic N) is 6. The number of halogens is 1. The van der Waals surface area contributed by atoms with Crippen molar-refractivity contribution in [2.45, 2.75) is 0 Å². The first-order valence-electron chi connectivity index (χ1n) is 6.11. The van der Waals surface area contributed by atoms with Crippen LogP contribution in [0.3, 0.4) is 0 Å². The van der Waals surface area contributed by atoms with Crippen molar-refractivity contribution in [1.82, 2.24) is 14.3 Å². The van der Waals surface area contributed by atoms with Crippen LogP contribution in [-0.4, -0.2) is 40.5 Å². The van der Waals surface area contributed by atoms with Gasteiger partial charge in [-0.05, 0) is 11.5 Å². The molecule has 20 heavy (non-hydrogen) atoms. The molecule has 0 spiro atoms. The number of hydrogen-bond donors (Lipinski definition) is 0. The molecule has 2 aromatic heterocycles. The molecule has 0 saturated carbocycles. The molecule has 0 radical (unpaired) electrons. The zero-order chi connectivity index (χ0) is 13.9. The quantitative estimate of drug-likeness (QED) is 0.842. The van der Waals surface area contributed by atoms with Gasteiger partial charge in [-0.15, -0.1) is 0 Å². The standard InChI is InChI=1S/C12H11ClN6S/c13-11-9(7-14)12(20-17-11)19-5-3-18(4-6-19)10-8-15-1-2-16-10/h1-2,8H,3-6H2. The Balaban J connectivity index is 1.71. The van der Waals surface area contributed by atoms with Crippen molar-refractivity contribution in [1.29, 1.82) is 5.26 Å². The van der Waals surface area contributed by atoms with E-state index in [-0.39, 0.29) is 0 Å². The van der Waals surface area contributed by atoms with Gasteiger partial charge in [0.1, 0.15) is 22.5 Å². The van der Waals surface area contributed by atoms with Gasteiger partial charge in [-0.25, -0.2) is 4.98 Å². The molecule has 0 atom stereocenters. The van der Waals surface area contributed by atoms with E-state index in [1.165, 1.54) is 11.5 Å². The Bertz CT molecular complexity index is 629.